The van der Waals surface area contributed by atoms with Gasteiger partial charge in [0, 0.05) is 33.4 Å². The molecule has 5 heterocycles. The van der Waals surface area contributed by atoms with E-state index in [2.05, 4.69) is 181 Å². The number of aliphatic imine (C=N–C) groups is 4. The van der Waals surface area contributed by atoms with Crippen LogP contribution in [0.5, 0.6) is 0 Å². The highest BCUT2D eigenvalue weighted by molar-refractivity contribution is 6.23. The van der Waals surface area contributed by atoms with Gasteiger partial charge in [-0.05, 0) is 81.3 Å². The maximum atomic E-state index is 6.61. The summed E-state index contributed by atoms with van der Waals surface area (Å²) in [5, 5.41) is 5.74. The molecule has 6 bridgehead atoms. The fraction of sp³-hybridized carbons (Fsp3) is 0.0714. The van der Waals surface area contributed by atoms with E-state index < -0.39 is 0 Å². The molecule has 0 amide bonds. The number of benzene rings is 8. The molecule has 4 aliphatic rings. The van der Waals surface area contributed by atoms with Gasteiger partial charge in [-0.15, -0.1) is 0 Å². The Kier molecular flexibility index (Phi) is 8.66. The number of furan rings is 1. The molecule has 62 heavy (non-hydrogen) atoms. The van der Waals surface area contributed by atoms with Gasteiger partial charge in [-0.3, -0.25) is 4.99 Å². The van der Waals surface area contributed by atoms with E-state index in [1.165, 1.54) is 11.1 Å². The molecule has 294 valence electrons. The number of hydrogen-bond acceptors (Lipinski definition) is 6. The fourth-order valence-corrected chi connectivity index (χ4v) is 9.25. The zero-order valence-electron chi connectivity index (χ0n) is 33.7. The SMILES string of the molecule is c1ccc(-c2ccc(C3=NC4NC(=N3)c3cccc5oc6ccc(cc6c35)C3=NC(c5cccc(-c6ccccc6)c5)=NC(c5ccccc5)C3Cc3ccc4cc3)cc2)cc1. The van der Waals surface area contributed by atoms with Crippen molar-refractivity contribution in [1.82, 2.24) is 5.32 Å². The number of hydrogen-bond donors (Lipinski definition) is 1. The van der Waals surface area contributed by atoms with Gasteiger partial charge in [0.1, 0.15) is 23.2 Å². The first-order valence-electron chi connectivity index (χ1n) is 21.2. The monoisotopic (exact) mass is 797 g/mol. The molecule has 0 fully saturated rings. The molecule has 0 saturated carbocycles. The first kappa shape index (κ1) is 35.9. The Morgan fingerprint density at radius 3 is 1.85 bits per heavy atom. The summed E-state index contributed by atoms with van der Waals surface area (Å²) >= 11 is 0. The quantitative estimate of drug-likeness (QED) is 0.188. The third kappa shape index (κ3) is 6.44. The maximum Gasteiger partial charge on any atom is 0.159 e. The summed E-state index contributed by atoms with van der Waals surface area (Å²) in [6.07, 6.45) is 0.374. The number of nitrogens with one attached hydrogen (secondary N) is 1. The average molecular weight is 798 g/mol. The molecule has 4 aliphatic heterocycles. The van der Waals surface area contributed by atoms with Crippen molar-refractivity contribution >= 4 is 45.2 Å². The van der Waals surface area contributed by atoms with Crippen molar-refractivity contribution in [3.63, 3.8) is 0 Å². The van der Waals surface area contributed by atoms with Gasteiger partial charge in [0.25, 0.3) is 0 Å². The van der Waals surface area contributed by atoms with Gasteiger partial charge in [0.2, 0.25) is 0 Å². The summed E-state index contributed by atoms with van der Waals surface area (Å²) in [5.74, 6) is 2.08. The van der Waals surface area contributed by atoms with Gasteiger partial charge < -0.3 is 9.73 Å². The van der Waals surface area contributed by atoms with Crippen LogP contribution in [-0.2, 0) is 6.42 Å². The van der Waals surface area contributed by atoms with E-state index >= 15 is 0 Å². The van der Waals surface area contributed by atoms with Crippen LogP contribution in [0.3, 0.4) is 0 Å². The van der Waals surface area contributed by atoms with Crippen molar-refractivity contribution in [3.8, 4) is 22.3 Å². The van der Waals surface area contributed by atoms with E-state index in [4.69, 9.17) is 24.4 Å². The zero-order valence-corrected chi connectivity index (χ0v) is 33.7. The van der Waals surface area contributed by atoms with Crippen LogP contribution >= 0.6 is 0 Å². The molecule has 6 nitrogen and oxygen atoms in total. The lowest BCUT2D eigenvalue weighted by atomic mass is 9.80. The van der Waals surface area contributed by atoms with Crippen molar-refractivity contribution in [1.29, 1.82) is 0 Å². The van der Waals surface area contributed by atoms with E-state index in [0.29, 0.717) is 5.84 Å². The van der Waals surface area contributed by atoms with Gasteiger partial charge >= 0.3 is 0 Å². The van der Waals surface area contributed by atoms with Crippen LogP contribution in [0.15, 0.2) is 225 Å². The van der Waals surface area contributed by atoms with Crippen LogP contribution in [0, 0.1) is 5.92 Å². The lowest BCUT2D eigenvalue weighted by Gasteiger charge is -2.31. The first-order valence-corrected chi connectivity index (χ1v) is 21.2. The molecule has 3 unspecified atom stereocenters. The molecule has 13 rings (SSSR count). The second-order valence-electron chi connectivity index (χ2n) is 16.2. The minimum absolute atomic E-state index is 0.0604. The minimum atomic E-state index is -0.364. The normalized spacial score (nSPS) is 18.0. The van der Waals surface area contributed by atoms with Crippen LogP contribution in [0.4, 0.5) is 0 Å². The summed E-state index contributed by atoms with van der Waals surface area (Å²) in [6.45, 7) is 0. The molecule has 1 N–H and O–H groups in total. The fourth-order valence-electron chi connectivity index (χ4n) is 9.25. The van der Waals surface area contributed by atoms with E-state index in [9.17, 15) is 0 Å². The summed E-state index contributed by atoms with van der Waals surface area (Å²) in [5.41, 5.74) is 14.5. The standard InChI is InChI=1S/C56H39N5O/c1-4-12-36(13-5-1)38-26-28-41(29-27-38)54-59-53-40-24-22-35(23-25-40)32-47-51(39-16-8-3-9-17-39)57-55(44-19-10-18-42(33-44)37-14-6-2-7-15-37)58-52(47)43-30-31-48-46(34-43)50-45(56(60-53)61-54)20-11-21-49(50)62-48/h1-31,33-34,47,51,53H,32H2,(H,59,60,61). The summed E-state index contributed by atoms with van der Waals surface area (Å²) < 4.78 is 6.61. The predicted molar refractivity (Wildman–Crippen MR) is 252 cm³/mol. The van der Waals surface area contributed by atoms with Crippen LogP contribution in [0.25, 0.3) is 44.2 Å². The third-order valence-corrected chi connectivity index (χ3v) is 12.4. The molecule has 0 spiro atoms. The van der Waals surface area contributed by atoms with E-state index in [1.807, 2.05) is 24.3 Å². The van der Waals surface area contributed by atoms with Crippen molar-refractivity contribution in [2.24, 2.45) is 25.9 Å². The Bertz CT molecular complexity index is 3270. The van der Waals surface area contributed by atoms with Crippen molar-refractivity contribution in [2.75, 3.05) is 0 Å². The molecule has 0 radical (unpaired) electrons. The van der Waals surface area contributed by atoms with Crippen LogP contribution in [0.2, 0.25) is 0 Å². The Hall–Kier alpha value is -7.96. The summed E-state index contributed by atoms with van der Waals surface area (Å²) in [6, 6.07) is 70.2. The molecule has 0 aliphatic carbocycles. The molecule has 9 aromatic rings. The van der Waals surface area contributed by atoms with E-state index in [1.54, 1.807) is 0 Å². The molecule has 0 saturated heterocycles. The van der Waals surface area contributed by atoms with Crippen molar-refractivity contribution in [3.05, 3.63) is 239 Å². The van der Waals surface area contributed by atoms with Gasteiger partial charge in [-0.2, -0.15) is 0 Å². The van der Waals surface area contributed by atoms with E-state index in [-0.39, 0.29) is 18.1 Å². The van der Waals surface area contributed by atoms with Gasteiger partial charge in [0.05, 0.1) is 11.8 Å². The highest BCUT2D eigenvalue weighted by Crippen LogP contribution is 2.40. The minimum Gasteiger partial charge on any atom is -0.456 e. The number of nitrogens with zero attached hydrogens (tertiary/aromatic N) is 4. The third-order valence-electron chi connectivity index (χ3n) is 12.4. The molecule has 8 aromatic carbocycles. The second kappa shape index (κ2) is 14.9. The maximum absolute atomic E-state index is 6.61. The average Bonchev–Trinajstić information content (AvgIpc) is 3.73. The van der Waals surface area contributed by atoms with Gasteiger partial charge in [-0.1, -0.05) is 170 Å². The van der Waals surface area contributed by atoms with Crippen LogP contribution < -0.4 is 5.32 Å². The van der Waals surface area contributed by atoms with Gasteiger partial charge in [-0.25, -0.2) is 15.0 Å². The largest absolute Gasteiger partial charge is 0.456 e. The molecular formula is C56H39N5O. The lowest BCUT2D eigenvalue weighted by molar-refractivity contribution is 0.544. The number of fused-ring (bicyclic) bond motifs is 2. The lowest BCUT2D eigenvalue weighted by Crippen LogP contribution is -2.33. The number of amidine groups is 3. The van der Waals surface area contributed by atoms with E-state index in [0.717, 1.165) is 95.8 Å². The zero-order chi connectivity index (χ0) is 41.0. The van der Waals surface area contributed by atoms with Crippen molar-refractivity contribution < 1.29 is 4.42 Å². The van der Waals surface area contributed by atoms with Crippen LogP contribution in [0.1, 0.15) is 51.2 Å². The Balaban J connectivity index is 1.05. The smallest absolute Gasteiger partial charge is 0.159 e. The predicted octanol–water partition coefficient (Wildman–Crippen LogP) is 12.6. The Labute approximate surface area is 359 Å². The summed E-state index contributed by atoms with van der Waals surface area (Å²) in [4.78, 5) is 21.6. The van der Waals surface area contributed by atoms with Gasteiger partial charge in [0.15, 0.2) is 11.7 Å². The highest BCUT2D eigenvalue weighted by atomic mass is 16.3. The number of rotatable bonds is 5. The van der Waals surface area contributed by atoms with Crippen LogP contribution in [-0.4, -0.2) is 23.2 Å². The first-order chi connectivity index (χ1) is 30.7. The Morgan fingerprint density at radius 2 is 1.08 bits per heavy atom. The second-order valence-corrected chi connectivity index (χ2v) is 16.2. The summed E-state index contributed by atoms with van der Waals surface area (Å²) in [7, 11) is 0. The topological polar surface area (TPSA) is 74.6 Å². The van der Waals surface area contributed by atoms with Crippen molar-refractivity contribution in [2.45, 2.75) is 18.6 Å². The molecule has 1 aromatic heterocycles. The molecule has 6 heteroatoms. The molecular weight excluding hydrogens is 759 g/mol. The molecule has 3 atom stereocenters. The Morgan fingerprint density at radius 1 is 0.452 bits per heavy atom. The highest BCUT2D eigenvalue weighted by Gasteiger charge is 2.34.